The summed E-state index contributed by atoms with van der Waals surface area (Å²) in [5.41, 5.74) is -0.837. The van der Waals surface area contributed by atoms with Crippen LogP contribution >= 0.6 is 15.9 Å². The number of alkyl halides is 1. The number of carbonyl (C=O) groups is 1. The highest BCUT2D eigenvalue weighted by atomic mass is 79.9. The average Bonchev–Trinajstić information content (AvgIpc) is 2.20. The van der Waals surface area contributed by atoms with Crippen molar-refractivity contribution in [2.24, 2.45) is 0 Å². The van der Waals surface area contributed by atoms with E-state index in [1.807, 2.05) is 6.92 Å². The summed E-state index contributed by atoms with van der Waals surface area (Å²) in [5.74, 6) is -0.891. The van der Waals surface area contributed by atoms with Crippen molar-refractivity contribution in [2.45, 2.75) is 19.5 Å². The second kappa shape index (κ2) is 4.31. The summed E-state index contributed by atoms with van der Waals surface area (Å²) >= 11 is 3.29. The predicted octanol–water partition coefficient (Wildman–Crippen LogP) is 3.12. The predicted molar refractivity (Wildman–Crippen MR) is 59.4 cm³/mol. The molecule has 1 unspecified atom stereocenters. The number of carbonyl (C=O) groups excluding carboxylic acids is 1. The number of hydrogen-bond donors (Lipinski definition) is 0. The van der Waals surface area contributed by atoms with E-state index in [9.17, 15) is 9.18 Å². The Morgan fingerprint density at radius 1 is 1.53 bits per heavy atom. The van der Waals surface area contributed by atoms with E-state index in [0.717, 1.165) is 10.0 Å². The van der Waals surface area contributed by atoms with E-state index >= 15 is 0 Å². The molecule has 2 nitrogen and oxygen atoms in total. The van der Waals surface area contributed by atoms with Gasteiger partial charge in [-0.05, 0) is 25.5 Å². The Morgan fingerprint density at radius 2 is 2.13 bits per heavy atom. The highest BCUT2D eigenvalue weighted by molar-refractivity contribution is 9.10. The maximum absolute atomic E-state index is 14.0. The molecule has 0 aromatic heterocycles. The summed E-state index contributed by atoms with van der Waals surface area (Å²) in [7, 11) is 1.17. The van der Waals surface area contributed by atoms with Crippen LogP contribution in [0.3, 0.4) is 0 Å². The molecule has 1 rings (SSSR count). The molecule has 0 aliphatic heterocycles. The molecule has 0 spiro atoms. The third-order valence-corrected chi connectivity index (χ3v) is 3.14. The number of esters is 1. The van der Waals surface area contributed by atoms with Crippen molar-refractivity contribution in [2.75, 3.05) is 7.11 Å². The number of aryl methyl sites for hydroxylation is 1. The van der Waals surface area contributed by atoms with Gasteiger partial charge in [0, 0.05) is 10.0 Å². The van der Waals surface area contributed by atoms with Gasteiger partial charge in [-0.15, -0.1) is 0 Å². The van der Waals surface area contributed by atoms with Crippen molar-refractivity contribution in [1.82, 2.24) is 0 Å². The van der Waals surface area contributed by atoms with Gasteiger partial charge in [0.25, 0.3) is 0 Å². The second-order valence-corrected chi connectivity index (χ2v) is 4.31. The lowest BCUT2D eigenvalue weighted by Crippen LogP contribution is -2.28. The molecule has 0 amide bonds. The fourth-order valence-electron chi connectivity index (χ4n) is 1.19. The summed E-state index contributed by atoms with van der Waals surface area (Å²) in [5, 5.41) is 0. The van der Waals surface area contributed by atoms with E-state index in [4.69, 9.17) is 0 Å². The van der Waals surface area contributed by atoms with Crippen molar-refractivity contribution >= 4 is 21.9 Å². The summed E-state index contributed by atoms with van der Waals surface area (Å²) in [4.78, 5) is 11.2. The van der Waals surface area contributed by atoms with Gasteiger partial charge in [0.05, 0.1) is 7.11 Å². The normalized spacial score (nSPS) is 14.5. The number of methoxy groups -OCH3 is 1. The maximum atomic E-state index is 14.0. The molecule has 1 aromatic carbocycles. The van der Waals surface area contributed by atoms with E-state index < -0.39 is 11.6 Å². The Hall–Kier alpha value is -0.900. The van der Waals surface area contributed by atoms with Crippen molar-refractivity contribution in [3.8, 4) is 0 Å². The van der Waals surface area contributed by atoms with Gasteiger partial charge in [-0.1, -0.05) is 28.1 Å². The molecule has 1 aromatic rings. The van der Waals surface area contributed by atoms with Crippen LogP contribution in [0.25, 0.3) is 0 Å². The monoisotopic (exact) mass is 274 g/mol. The highest BCUT2D eigenvalue weighted by Gasteiger charge is 2.36. The molecular weight excluding hydrogens is 263 g/mol. The summed E-state index contributed by atoms with van der Waals surface area (Å²) in [6.45, 7) is 3.08. The molecule has 0 saturated carbocycles. The van der Waals surface area contributed by atoms with Crippen molar-refractivity contribution < 1.29 is 13.9 Å². The van der Waals surface area contributed by atoms with Crippen LogP contribution < -0.4 is 0 Å². The lowest BCUT2D eigenvalue weighted by molar-refractivity contribution is -0.154. The van der Waals surface area contributed by atoms with E-state index in [2.05, 4.69) is 20.7 Å². The number of ether oxygens (including phenoxy) is 1. The zero-order valence-electron chi connectivity index (χ0n) is 8.80. The topological polar surface area (TPSA) is 26.3 Å². The molecule has 0 aliphatic carbocycles. The van der Waals surface area contributed by atoms with Crippen LogP contribution in [0, 0.1) is 6.92 Å². The SMILES string of the molecule is COC(=O)C(C)(F)c1ccc(C)c(Br)c1. The number of hydrogen-bond acceptors (Lipinski definition) is 2. The zero-order valence-corrected chi connectivity index (χ0v) is 10.4. The first-order valence-corrected chi connectivity index (χ1v) is 5.23. The fraction of sp³-hybridized carbons (Fsp3) is 0.364. The lowest BCUT2D eigenvalue weighted by atomic mass is 9.97. The van der Waals surface area contributed by atoms with Crippen molar-refractivity contribution in [3.05, 3.63) is 33.8 Å². The Kier molecular flexibility index (Phi) is 3.50. The Labute approximate surface area is 96.6 Å². The van der Waals surface area contributed by atoms with E-state index in [-0.39, 0.29) is 5.56 Å². The van der Waals surface area contributed by atoms with Gasteiger partial charge >= 0.3 is 5.97 Å². The maximum Gasteiger partial charge on any atom is 0.348 e. The average molecular weight is 275 g/mol. The van der Waals surface area contributed by atoms with Crippen molar-refractivity contribution in [1.29, 1.82) is 0 Å². The summed E-state index contributed by atoms with van der Waals surface area (Å²) in [6, 6.07) is 4.92. The minimum absolute atomic E-state index is 0.284. The van der Waals surface area contributed by atoms with Gasteiger partial charge in [0.2, 0.25) is 5.67 Å². The molecular formula is C11H12BrFO2. The number of rotatable bonds is 2. The fourth-order valence-corrected chi connectivity index (χ4v) is 1.57. The van der Waals surface area contributed by atoms with Gasteiger partial charge in [-0.25, -0.2) is 9.18 Å². The van der Waals surface area contributed by atoms with Gasteiger partial charge in [-0.2, -0.15) is 0 Å². The zero-order chi connectivity index (χ0) is 11.6. The third-order valence-electron chi connectivity index (χ3n) is 2.28. The smallest absolute Gasteiger partial charge is 0.348 e. The molecule has 0 saturated heterocycles. The Balaban J connectivity index is 3.16. The van der Waals surface area contributed by atoms with Crippen LogP contribution in [-0.2, 0) is 15.2 Å². The molecule has 0 bridgehead atoms. The first-order chi connectivity index (χ1) is 6.89. The van der Waals surface area contributed by atoms with E-state index in [0.29, 0.717) is 0 Å². The highest BCUT2D eigenvalue weighted by Crippen LogP contribution is 2.30. The molecule has 0 aliphatic rings. The minimum Gasteiger partial charge on any atom is -0.466 e. The largest absolute Gasteiger partial charge is 0.466 e. The van der Waals surface area contributed by atoms with Crippen LogP contribution in [0.2, 0.25) is 0 Å². The van der Waals surface area contributed by atoms with Crippen molar-refractivity contribution in [3.63, 3.8) is 0 Å². The molecule has 0 fully saturated rings. The molecule has 0 N–H and O–H groups in total. The minimum atomic E-state index is -2.11. The standard InChI is InChI=1S/C11H12BrFO2/c1-7-4-5-8(6-9(7)12)11(2,13)10(14)15-3/h4-6H,1-3H3. The number of halogens is 2. The summed E-state index contributed by atoms with van der Waals surface area (Å²) < 4.78 is 19.2. The molecule has 0 radical (unpaired) electrons. The molecule has 0 heterocycles. The van der Waals surface area contributed by atoms with E-state index in [1.54, 1.807) is 18.2 Å². The second-order valence-electron chi connectivity index (χ2n) is 3.46. The first-order valence-electron chi connectivity index (χ1n) is 4.43. The molecule has 15 heavy (non-hydrogen) atoms. The molecule has 1 atom stereocenters. The van der Waals surface area contributed by atoms with Crippen LogP contribution in [0.1, 0.15) is 18.1 Å². The van der Waals surface area contributed by atoms with Crippen LogP contribution in [-0.4, -0.2) is 13.1 Å². The quantitative estimate of drug-likeness (QED) is 0.775. The first kappa shape index (κ1) is 12.2. The van der Waals surface area contributed by atoms with Gasteiger partial charge in [-0.3, -0.25) is 0 Å². The summed E-state index contributed by atoms with van der Waals surface area (Å²) in [6.07, 6.45) is 0. The van der Waals surface area contributed by atoms with Crippen LogP contribution in [0.15, 0.2) is 22.7 Å². The van der Waals surface area contributed by atoms with E-state index in [1.165, 1.54) is 14.0 Å². The van der Waals surface area contributed by atoms with Crippen LogP contribution in [0.4, 0.5) is 4.39 Å². The Bertz CT molecular complexity index is 388. The third kappa shape index (κ3) is 2.37. The molecule has 4 heteroatoms. The van der Waals surface area contributed by atoms with Gasteiger partial charge in [0.15, 0.2) is 0 Å². The molecule has 82 valence electrons. The lowest BCUT2D eigenvalue weighted by Gasteiger charge is -2.18. The van der Waals surface area contributed by atoms with Gasteiger partial charge < -0.3 is 4.74 Å². The Morgan fingerprint density at radius 3 is 2.60 bits per heavy atom. The number of benzene rings is 1. The van der Waals surface area contributed by atoms with Gasteiger partial charge in [0.1, 0.15) is 0 Å². The van der Waals surface area contributed by atoms with Crippen LogP contribution in [0.5, 0.6) is 0 Å².